The average Bonchev–Trinajstić information content (AvgIpc) is 1.99. The van der Waals surface area contributed by atoms with Crippen LogP contribution in [-0.4, -0.2) is 34.9 Å². The van der Waals surface area contributed by atoms with Gasteiger partial charge < -0.3 is 15.2 Å². The molecule has 0 amide bonds. The van der Waals surface area contributed by atoms with Gasteiger partial charge in [-0.15, -0.1) is 0 Å². The zero-order chi connectivity index (χ0) is 9.61. The number of nitrogens with two attached hydrogens (primary N) is 1. The van der Waals surface area contributed by atoms with Gasteiger partial charge in [-0.3, -0.25) is 0 Å². The molecule has 74 valence electrons. The molecule has 12 heavy (non-hydrogen) atoms. The van der Waals surface area contributed by atoms with Crippen LogP contribution in [0.4, 0.5) is 0 Å². The Bertz CT molecular complexity index is 120. The van der Waals surface area contributed by atoms with Gasteiger partial charge in [0.25, 0.3) is 0 Å². The Morgan fingerprint density at radius 1 is 1.33 bits per heavy atom. The molecule has 0 bridgehead atoms. The third-order valence-electron chi connectivity index (χ3n) is 1.83. The van der Waals surface area contributed by atoms with Gasteiger partial charge in [-0.2, -0.15) is 0 Å². The number of rotatable bonds is 6. The van der Waals surface area contributed by atoms with E-state index < -0.39 is 5.35 Å². The number of hydrogen-bond donors (Lipinski definition) is 1. The fourth-order valence-electron chi connectivity index (χ4n) is 1.29. The van der Waals surface area contributed by atoms with Gasteiger partial charge >= 0.3 is 0 Å². The van der Waals surface area contributed by atoms with Gasteiger partial charge in [0.05, 0.1) is 16.3 Å². The van der Waals surface area contributed by atoms with Gasteiger partial charge in [-0.05, 0) is 20.3 Å². The van der Waals surface area contributed by atoms with Crippen molar-refractivity contribution in [1.82, 2.24) is 0 Å². The summed E-state index contributed by atoms with van der Waals surface area (Å²) >= 11 is 0. The van der Waals surface area contributed by atoms with E-state index in [4.69, 9.17) is 15.2 Å². The van der Waals surface area contributed by atoms with Crippen molar-refractivity contribution in [2.45, 2.75) is 38.6 Å². The monoisotopic (exact) mass is 191 g/mol. The highest BCUT2D eigenvalue weighted by Gasteiger charge is 2.29. The molecular weight excluding hydrogens is 170 g/mol. The van der Waals surface area contributed by atoms with Gasteiger partial charge in [0, 0.05) is 13.2 Å². The molecule has 0 rings (SSSR count). The summed E-state index contributed by atoms with van der Waals surface area (Å²) in [6.07, 6.45) is 0.961. The third-order valence-corrected chi connectivity index (χ3v) is 2.77. The Morgan fingerprint density at radius 3 is 2.25 bits per heavy atom. The normalized spacial score (nSPS) is 19.0. The summed E-state index contributed by atoms with van der Waals surface area (Å²) in [6, 6.07) is 0. The highest BCUT2D eigenvalue weighted by Crippen LogP contribution is 2.12. The lowest BCUT2D eigenvalue weighted by atomic mass is 10.2. The van der Waals surface area contributed by atoms with E-state index >= 15 is 0 Å². The summed E-state index contributed by atoms with van der Waals surface area (Å²) in [5.41, 5.74) is 5.98. The largest absolute Gasteiger partial charge is 0.375 e. The van der Waals surface area contributed by atoms with Crippen molar-refractivity contribution in [3.05, 3.63) is 0 Å². The highest BCUT2D eigenvalue weighted by molar-refractivity contribution is 6.14. The van der Waals surface area contributed by atoms with Crippen molar-refractivity contribution < 1.29 is 9.47 Å². The lowest BCUT2D eigenvalue weighted by molar-refractivity contribution is -0.0916. The first-order valence-electron chi connectivity index (χ1n) is 4.62. The Balaban J connectivity index is 4.05. The number of hydrogen-bond acceptors (Lipinski definition) is 3. The van der Waals surface area contributed by atoms with Crippen molar-refractivity contribution in [2.24, 2.45) is 5.73 Å². The minimum absolute atomic E-state index is 0.0501. The van der Waals surface area contributed by atoms with Crippen LogP contribution in [0.3, 0.4) is 0 Å². The van der Waals surface area contributed by atoms with Gasteiger partial charge in [0.1, 0.15) is 5.35 Å². The first kappa shape index (κ1) is 12.1. The van der Waals surface area contributed by atoms with Crippen LogP contribution in [0, 0.1) is 0 Å². The van der Waals surface area contributed by atoms with Crippen molar-refractivity contribution in [3.63, 3.8) is 0 Å². The quantitative estimate of drug-likeness (QED) is 0.468. The van der Waals surface area contributed by atoms with E-state index in [1.54, 1.807) is 0 Å². The van der Waals surface area contributed by atoms with Crippen molar-refractivity contribution in [3.8, 4) is 0 Å². The molecule has 0 heterocycles. The standard InChI is InChI=1S/C8H21NO2Si/c1-4-7(10-5-2)8(9,12)11-6-3/h7H,4-6,9H2,1-3,12H3. The SMILES string of the molecule is CCOC(CC)C(N)([SiH3])OCC. The van der Waals surface area contributed by atoms with E-state index in [0.29, 0.717) is 13.2 Å². The number of ether oxygens (including phenoxy) is 2. The van der Waals surface area contributed by atoms with E-state index in [0.717, 1.165) is 16.7 Å². The molecule has 0 aromatic heterocycles. The molecule has 0 spiro atoms. The molecule has 4 heteroatoms. The molecule has 0 radical (unpaired) electrons. The van der Waals surface area contributed by atoms with Crippen LogP contribution in [0.25, 0.3) is 0 Å². The third kappa shape index (κ3) is 3.67. The lowest BCUT2D eigenvalue weighted by Gasteiger charge is -2.33. The predicted molar refractivity (Wildman–Crippen MR) is 54.2 cm³/mol. The average molecular weight is 191 g/mol. The molecule has 0 aromatic carbocycles. The second kappa shape index (κ2) is 5.69. The van der Waals surface area contributed by atoms with Crippen LogP contribution in [0.15, 0.2) is 0 Å². The van der Waals surface area contributed by atoms with E-state index in [1.807, 2.05) is 13.8 Å². The second-order valence-electron chi connectivity index (χ2n) is 2.97. The van der Waals surface area contributed by atoms with Crippen molar-refractivity contribution >= 4 is 10.2 Å². The van der Waals surface area contributed by atoms with Crippen LogP contribution in [0.2, 0.25) is 0 Å². The molecule has 2 unspecified atom stereocenters. The first-order chi connectivity index (χ1) is 5.58. The van der Waals surface area contributed by atoms with Gasteiger partial charge in [0.2, 0.25) is 0 Å². The smallest absolute Gasteiger partial charge is 0.118 e. The highest BCUT2D eigenvalue weighted by atomic mass is 28.1. The maximum atomic E-state index is 5.98. The Kier molecular flexibility index (Phi) is 5.74. The van der Waals surface area contributed by atoms with Gasteiger partial charge in [-0.25, -0.2) is 0 Å². The van der Waals surface area contributed by atoms with Crippen LogP contribution in [-0.2, 0) is 9.47 Å². The molecule has 2 N–H and O–H groups in total. The Hall–Kier alpha value is 0.0969. The van der Waals surface area contributed by atoms with Crippen LogP contribution in [0.1, 0.15) is 27.2 Å². The van der Waals surface area contributed by atoms with Crippen LogP contribution < -0.4 is 5.73 Å². The fourth-order valence-corrected chi connectivity index (χ4v) is 2.16. The predicted octanol–water partition coefficient (Wildman–Crippen LogP) is -0.184. The van der Waals surface area contributed by atoms with Gasteiger partial charge in [-0.1, -0.05) is 6.92 Å². The molecular formula is C8H21NO2Si. The molecule has 0 aliphatic rings. The van der Waals surface area contributed by atoms with E-state index in [9.17, 15) is 0 Å². The van der Waals surface area contributed by atoms with Crippen molar-refractivity contribution in [2.75, 3.05) is 13.2 Å². The topological polar surface area (TPSA) is 44.5 Å². The van der Waals surface area contributed by atoms with Gasteiger partial charge in [0.15, 0.2) is 0 Å². The molecule has 0 aliphatic heterocycles. The first-order valence-corrected chi connectivity index (χ1v) is 5.62. The minimum Gasteiger partial charge on any atom is -0.375 e. The molecule has 0 saturated carbocycles. The van der Waals surface area contributed by atoms with Crippen molar-refractivity contribution in [1.29, 1.82) is 0 Å². The summed E-state index contributed by atoms with van der Waals surface area (Å²) in [5.74, 6) is 0. The fraction of sp³-hybridized carbons (Fsp3) is 1.00. The summed E-state index contributed by atoms with van der Waals surface area (Å²) in [5, 5.41) is -0.514. The lowest BCUT2D eigenvalue weighted by Crippen LogP contribution is -2.54. The molecule has 0 fully saturated rings. The summed E-state index contributed by atoms with van der Waals surface area (Å²) < 4.78 is 10.9. The maximum absolute atomic E-state index is 5.98. The summed E-state index contributed by atoms with van der Waals surface area (Å²) in [7, 11) is 0.796. The van der Waals surface area contributed by atoms with E-state index in [1.165, 1.54) is 0 Å². The molecule has 0 saturated heterocycles. The maximum Gasteiger partial charge on any atom is 0.118 e. The van der Waals surface area contributed by atoms with Crippen LogP contribution in [0.5, 0.6) is 0 Å². The summed E-state index contributed by atoms with van der Waals surface area (Å²) in [6.45, 7) is 7.36. The van der Waals surface area contributed by atoms with E-state index in [2.05, 4.69) is 6.92 Å². The molecule has 3 nitrogen and oxygen atoms in total. The Labute approximate surface area is 78.0 Å². The molecule has 2 atom stereocenters. The zero-order valence-corrected chi connectivity index (χ0v) is 10.6. The van der Waals surface area contributed by atoms with E-state index in [-0.39, 0.29) is 6.10 Å². The molecule has 0 aliphatic carbocycles. The molecule has 0 aromatic rings. The minimum atomic E-state index is -0.514. The zero-order valence-electron chi connectivity index (χ0n) is 8.59. The summed E-state index contributed by atoms with van der Waals surface area (Å²) in [4.78, 5) is 0. The second-order valence-corrected chi connectivity index (χ2v) is 4.53. The van der Waals surface area contributed by atoms with Crippen LogP contribution >= 0.6 is 0 Å². The Morgan fingerprint density at radius 2 is 1.92 bits per heavy atom.